The Labute approximate surface area is 194 Å². The minimum absolute atomic E-state index is 0.0408. The number of rotatable bonds is 8. The summed E-state index contributed by atoms with van der Waals surface area (Å²) in [6, 6.07) is 7.04. The Morgan fingerprint density at radius 1 is 1.22 bits per heavy atom. The zero-order chi connectivity index (χ0) is 22.5. The van der Waals surface area contributed by atoms with Gasteiger partial charge in [-0.3, -0.25) is 9.59 Å². The van der Waals surface area contributed by atoms with Gasteiger partial charge >= 0.3 is 0 Å². The molecule has 8 heteroatoms. The highest BCUT2D eigenvalue weighted by Crippen LogP contribution is 2.32. The van der Waals surface area contributed by atoms with Crippen molar-refractivity contribution >= 4 is 23.4 Å². The Morgan fingerprint density at radius 3 is 2.78 bits per heavy atom. The number of benzene rings is 1. The predicted octanol–water partition coefficient (Wildman–Crippen LogP) is 4.87. The van der Waals surface area contributed by atoms with Crippen LogP contribution >= 0.6 is 11.6 Å². The van der Waals surface area contributed by atoms with E-state index in [9.17, 15) is 9.59 Å². The van der Waals surface area contributed by atoms with Crippen LogP contribution in [-0.2, 0) is 9.59 Å². The lowest BCUT2D eigenvalue weighted by Crippen LogP contribution is -2.48. The zero-order valence-electron chi connectivity index (χ0n) is 18.6. The van der Waals surface area contributed by atoms with E-state index in [1.807, 2.05) is 17.0 Å². The van der Waals surface area contributed by atoms with Crippen LogP contribution < -0.4 is 0 Å². The molecule has 2 fully saturated rings. The fourth-order valence-corrected chi connectivity index (χ4v) is 4.58. The van der Waals surface area contributed by atoms with Crippen LogP contribution in [0.15, 0.2) is 28.8 Å². The highest BCUT2D eigenvalue weighted by molar-refractivity contribution is 6.30. The van der Waals surface area contributed by atoms with E-state index >= 15 is 0 Å². The van der Waals surface area contributed by atoms with Crippen molar-refractivity contribution in [3.8, 4) is 11.4 Å². The summed E-state index contributed by atoms with van der Waals surface area (Å²) < 4.78 is 5.58. The van der Waals surface area contributed by atoms with Crippen molar-refractivity contribution in [2.45, 2.75) is 64.3 Å². The van der Waals surface area contributed by atoms with E-state index in [1.54, 1.807) is 17.0 Å². The molecule has 32 heavy (non-hydrogen) atoms. The fraction of sp³-hybridized carbons (Fsp3) is 0.583. The molecule has 1 aliphatic heterocycles. The van der Waals surface area contributed by atoms with E-state index in [0.717, 1.165) is 56.9 Å². The summed E-state index contributed by atoms with van der Waals surface area (Å²) in [7, 11) is 0. The Bertz CT molecular complexity index is 943. The van der Waals surface area contributed by atoms with Crippen molar-refractivity contribution in [2.75, 3.05) is 19.6 Å². The predicted molar refractivity (Wildman–Crippen MR) is 122 cm³/mol. The van der Waals surface area contributed by atoms with Gasteiger partial charge in [0.2, 0.25) is 23.5 Å². The zero-order valence-corrected chi connectivity index (χ0v) is 19.4. The van der Waals surface area contributed by atoms with Crippen molar-refractivity contribution in [2.24, 2.45) is 5.92 Å². The molecule has 0 N–H and O–H groups in total. The van der Waals surface area contributed by atoms with Crippen molar-refractivity contribution in [1.82, 2.24) is 19.9 Å². The van der Waals surface area contributed by atoms with Gasteiger partial charge in [-0.15, -0.1) is 0 Å². The van der Waals surface area contributed by atoms with Crippen molar-refractivity contribution in [1.29, 1.82) is 0 Å². The summed E-state index contributed by atoms with van der Waals surface area (Å²) in [6.07, 6.45) is 7.57. The van der Waals surface area contributed by atoms with Gasteiger partial charge in [0.1, 0.15) is 6.04 Å². The molecule has 1 saturated heterocycles. The number of unbranched alkanes of at least 4 members (excludes halogenated alkanes) is 1. The normalized spacial score (nSPS) is 18.9. The molecule has 1 aromatic carbocycles. The number of hydrogen-bond acceptors (Lipinski definition) is 5. The first-order chi connectivity index (χ1) is 15.6. The van der Waals surface area contributed by atoms with Gasteiger partial charge in [0.15, 0.2) is 0 Å². The van der Waals surface area contributed by atoms with E-state index in [4.69, 9.17) is 16.1 Å². The summed E-state index contributed by atoms with van der Waals surface area (Å²) in [5, 5.41) is 4.72. The van der Waals surface area contributed by atoms with Crippen LogP contribution in [0.2, 0.25) is 5.02 Å². The Kier molecular flexibility index (Phi) is 7.45. The number of nitrogens with zero attached hydrogens (tertiary/aromatic N) is 4. The Balaban J connectivity index is 1.48. The number of halogens is 1. The molecule has 2 amide bonds. The first kappa shape index (κ1) is 22.8. The molecule has 1 atom stereocenters. The average molecular weight is 459 g/mol. The molecule has 2 aromatic rings. The van der Waals surface area contributed by atoms with Crippen LogP contribution in [0.5, 0.6) is 0 Å². The first-order valence-corrected chi connectivity index (χ1v) is 12.1. The largest absolute Gasteiger partial charge is 0.337 e. The van der Waals surface area contributed by atoms with Crippen LogP contribution in [0.3, 0.4) is 0 Å². The molecule has 4 rings (SSSR count). The van der Waals surface area contributed by atoms with E-state index in [0.29, 0.717) is 29.8 Å². The van der Waals surface area contributed by atoms with Crippen LogP contribution in [0.25, 0.3) is 11.4 Å². The van der Waals surface area contributed by atoms with Gasteiger partial charge in [0.25, 0.3) is 0 Å². The van der Waals surface area contributed by atoms with Gasteiger partial charge in [0.05, 0.1) is 6.54 Å². The molecule has 0 radical (unpaired) electrons. The molecule has 0 bridgehead atoms. The molecule has 1 unspecified atom stereocenters. The molecule has 1 saturated carbocycles. The molecule has 1 aromatic heterocycles. The maximum absolute atomic E-state index is 13.3. The summed E-state index contributed by atoms with van der Waals surface area (Å²) in [6.45, 7) is 3.50. The van der Waals surface area contributed by atoms with Crippen molar-refractivity contribution in [3.63, 3.8) is 0 Å². The number of carbonyl (C=O) groups is 2. The number of amides is 2. The van der Waals surface area contributed by atoms with E-state index in [1.165, 1.54) is 0 Å². The topological polar surface area (TPSA) is 79.5 Å². The fourth-order valence-electron chi connectivity index (χ4n) is 4.39. The Hall–Kier alpha value is -2.41. The molecule has 172 valence electrons. The maximum Gasteiger partial charge on any atom is 0.249 e. The second kappa shape index (κ2) is 10.5. The number of aromatic nitrogens is 2. The highest BCUT2D eigenvalue weighted by atomic mass is 35.5. The molecule has 2 heterocycles. The molecule has 2 aliphatic rings. The quantitative estimate of drug-likeness (QED) is 0.563. The van der Waals surface area contributed by atoms with Crippen LogP contribution in [-0.4, -0.2) is 51.4 Å². The number of carbonyl (C=O) groups excluding carboxylic acids is 2. The SMILES string of the molecule is CCCCN(CC(=O)N1CCCCC1c1nc(-c2cccc(Cl)c2)no1)C(=O)C1CCC1. The smallest absolute Gasteiger partial charge is 0.249 e. The maximum atomic E-state index is 13.3. The standard InChI is InChI=1S/C24H31ClN4O3/c1-2-3-13-28(24(31)17-8-6-9-17)16-21(30)29-14-5-4-12-20(29)23-26-22(27-32-23)18-10-7-11-19(25)15-18/h7,10-11,15,17,20H,2-6,8-9,12-14,16H2,1H3. The van der Waals surface area contributed by atoms with Crippen LogP contribution in [0, 0.1) is 5.92 Å². The van der Waals surface area contributed by atoms with Crippen molar-refractivity contribution in [3.05, 3.63) is 35.2 Å². The molecular weight excluding hydrogens is 428 g/mol. The van der Waals surface area contributed by atoms with Gasteiger partial charge in [-0.2, -0.15) is 4.98 Å². The van der Waals surface area contributed by atoms with Crippen molar-refractivity contribution < 1.29 is 14.1 Å². The molecular formula is C24H31ClN4O3. The van der Waals surface area contributed by atoms with Crippen LogP contribution in [0.1, 0.15) is 70.2 Å². The molecule has 0 spiro atoms. The monoisotopic (exact) mass is 458 g/mol. The summed E-state index contributed by atoms with van der Waals surface area (Å²) >= 11 is 6.09. The minimum atomic E-state index is -0.261. The van der Waals surface area contributed by atoms with Gasteiger partial charge in [-0.05, 0) is 50.7 Å². The summed E-state index contributed by atoms with van der Waals surface area (Å²) in [5.74, 6) is 1.09. The Morgan fingerprint density at radius 2 is 2.06 bits per heavy atom. The summed E-state index contributed by atoms with van der Waals surface area (Å²) in [5.41, 5.74) is 0.776. The lowest BCUT2D eigenvalue weighted by molar-refractivity contribution is -0.146. The van der Waals surface area contributed by atoms with E-state index in [-0.39, 0.29) is 30.3 Å². The second-order valence-electron chi connectivity index (χ2n) is 8.81. The first-order valence-electron chi connectivity index (χ1n) is 11.7. The third kappa shape index (κ3) is 5.14. The van der Waals surface area contributed by atoms with Gasteiger partial charge in [-0.1, -0.05) is 48.7 Å². The highest BCUT2D eigenvalue weighted by Gasteiger charge is 2.35. The average Bonchev–Trinajstić information content (AvgIpc) is 3.25. The van der Waals surface area contributed by atoms with Crippen LogP contribution in [0.4, 0.5) is 0 Å². The minimum Gasteiger partial charge on any atom is -0.337 e. The lowest BCUT2D eigenvalue weighted by Gasteiger charge is -2.36. The van der Waals surface area contributed by atoms with Gasteiger partial charge in [-0.25, -0.2) is 0 Å². The molecule has 7 nitrogen and oxygen atoms in total. The summed E-state index contributed by atoms with van der Waals surface area (Å²) in [4.78, 5) is 34.4. The number of piperidine rings is 1. The lowest BCUT2D eigenvalue weighted by atomic mass is 9.84. The van der Waals surface area contributed by atoms with Gasteiger partial charge in [0, 0.05) is 29.6 Å². The van der Waals surface area contributed by atoms with E-state index < -0.39 is 0 Å². The third-order valence-electron chi connectivity index (χ3n) is 6.51. The second-order valence-corrected chi connectivity index (χ2v) is 9.24. The van der Waals surface area contributed by atoms with E-state index in [2.05, 4.69) is 17.1 Å². The number of likely N-dealkylation sites (tertiary alicyclic amines) is 1. The third-order valence-corrected chi connectivity index (χ3v) is 6.74. The molecule has 1 aliphatic carbocycles. The number of hydrogen-bond donors (Lipinski definition) is 0. The van der Waals surface area contributed by atoms with Gasteiger partial charge < -0.3 is 14.3 Å².